The number of benzene rings is 3. The Morgan fingerprint density at radius 3 is 2.46 bits per heavy atom. The van der Waals surface area contributed by atoms with E-state index in [4.69, 9.17) is 21.4 Å². The number of fused-ring (bicyclic) bond motifs is 1. The van der Waals surface area contributed by atoms with Crippen LogP contribution in [0.2, 0.25) is 5.02 Å². The van der Waals surface area contributed by atoms with Gasteiger partial charge in [0.15, 0.2) is 11.6 Å². The maximum atomic E-state index is 14.5. The number of alkyl halides is 3. The van der Waals surface area contributed by atoms with Crippen LogP contribution in [-0.2, 0) is 21.0 Å². The number of hydrogen-bond acceptors (Lipinski definition) is 4. The molecule has 0 spiro atoms. The van der Waals surface area contributed by atoms with Crippen molar-refractivity contribution in [2.75, 3.05) is 10.8 Å². The Morgan fingerprint density at radius 1 is 1.08 bits per heavy atom. The van der Waals surface area contributed by atoms with Crippen molar-refractivity contribution >= 4 is 33.3 Å². The molecular weight excluding hydrogens is 545 g/mol. The Morgan fingerprint density at radius 2 is 1.78 bits per heavy atom. The molecule has 1 atom stereocenters. The Balaban J connectivity index is 1.88. The standard InChI is InChI=1S/C24H17ClF5NO5S/c25-18-11-21-20(10-17(18)16-5-2-6-19(26)23(16)27)31(12-14(36-21)7-8-22(32)33)37(34,35)15-4-1-3-13(9-15)24(28,29)30/h1-6,9-11,14H,7-8,12H2,(H,32,33)/t14-/m0/s1. The van der Waals surface area contributed by atoms with E-state index in [2.05, 4.69) is 0 Å². The van der Waals surface area contributed by atoms with Crippen LogP contribution < -0.4 is 9.04 Å². The first kappa shape index (κ1) is 26.7. The van der Waals surface area contributed by atoms with Gasteiger partial charge >= 0.3 is 12.1 Å². The number of anilines is 1. The highest BCUT2D eigenvalue weighted by molar-refractivity contribution is 7.92. The molecule has 0 saturated carbocycles. The van der Waals surface area contributed by atoms with Crippen LogP contribution in [0, 0.1) is 11.6 Å². The summed E-state index contributed by atoms with van der Waals surface area (Å²) in [6, 6.07) is 8.73. The molecule has 0 aromatic heterocycles. The maximum Gasteiger partial charge on any atom is 0.416 e. The van der Waals surface area contributed by atoms with Gasteiger partial charge in [-0.25, -0.2) is 17.2 Å². The first-order valence-electron chi connectivity index (χ1n) is 10.7. The molecule has 3 aromatic rings. The number of carbonyl (C=O) groups is 1. The summed E-state index contributed by atoms with van der Waals surface area (Å²) in [5, 5.41) is 8.90. The van der Waals surface area contributed by atoms with E-state index in [1.165, 1.54) is 12.1 Å². The molecule has 0 aliphatic carbocycles. The lowest BCUT2D eigenvalue weighted by atomic mass is 10.0. The fourth-order valence-corrected chi connectivity index (χ4v) is 5.67. The number of carboxylic acid groups (broad SMARTS) is 1. The Hall–Kier alpha value is -3.38. The van der Waals surface area contributed by atoms with Crippen LogP contribution in [0.25, 0.3) is 11.1 Å². The first-order chi connectivity index (χ1) is 17.3. The summed E-state index contributed by atoms with van der Waals surface area (Å²) in [7, 11) is -4.66. The number of nitrogens with zero attached hydrogens (tertiary/aromatic N) is 1. The van der Waals surface area contributed by atoms with Crippen LogP contribution in [0.4, 0.5) is 27.6 Å². The van der Waals surface area contributed by atoms with Gasteiger partial charge in [-0.15, -0.1) is 0 Å². The summed E-state index contributed by atoms with van der Waals surface area (Å²) in [4.78, 5) is 10.4. The largest absolute Gasteiger partial charge is 0.486 e. The molecular formula is C24H17ClF5NO5S. The predicted octanol–water partition coefficient (Wildman–Crippen LogP) is 6.13. The highest BCUT2D eigenvalue weighted by atomic mass is 35.5. The van der Waals surface area contributed by atoms with E-state index >= 15 is 0 Å². The molecule has 0 amide bonds. The quantitative estimate of drug-likeness (QED) is 0.366. The predicted molar refractivity (Wildman–Crippen MR) is 124 cm³/mol. The van der Waals surface area contributed by atoms with E-state index in [0.29, 0.717) is 12.1 Å². The third-order valence-electron chi connectivity index (χ3n) is 5.65. The Bertz CT molecular complexity index is 1480. The number of rotatable bonds is 6. The molecule has 37 heavy (non-hydrogen) atoms. The van der Waals surface area contributed by atoms with Crippen molar-refractivity contribution in [3.8, 4) is 16.9 Å². The Labute approximate surface area is 212 Å². The molecule has 13 heteroatoms. The van der Waals surface area contributed by atoms with E-state index in [0.717, 1.165) is 34.6 Å². The zero-order valence-electron chi connectivity index (χ0n) is 18.6. The first-order valence-corrected chi connectivity index (χ1v) is 12.5. The summed E-state index contributed by atoms with van der Waals surface area (Å²) in [6.07, 6.45) is -6.30. The van der Waals surface area contributed by atoms with Gasteiger partial charge < -0.3 is 9.84 Å². The van der Waals surface area contributed by atoms with Crippen LogP contribution in [0.3, 0.4) is 0 Å². The van der Waals surface area contributed by atoms with Gasteiger partial charge in [-0.3, -0.25) is 9.10 Å². The summed E-state index contributed by atoms with van der Waals surface area (Å²) < 4.78 is 102. The molecule has 6 nitrogen and oxygen atoms in total. The van der Waals surface area contributed by atoms with Crippen LogP contribution >= 0.6 is 11.6 Å². The van der Waals surface area contributed by atoms with E-state index in [1.54, 1.807) is 0 Å². The summed E-state index contributed by atoms with van der Waals surface area (Å²) >= 11 is 6.29. The van der Waals surface area contributed by atoms with Gasteiger partial charge in [0.2, 0.25) is 0 Å². The molecule has 0 unspecified atom stereocenters. The molecule has 3 aromatic carbocycles. The second-order valence-corrected chi connectivity index (χ2v) is 10.4. The molecule has 1 aliphatic heterocycles. The minimum Gasteiger partial charge on any atom is -0.486 e. The normalized spacial score (nSPS) is 15.7. The molecule has 0 saturated heterocycles. The van der Waals surface area contributed by atoms with Crippen LogP contribution in [-0.4, -0.2) is 32.1 Å². The zero-order valence-corrected chi connectivity index (χ0v) is 20.2. The number of hydrogen-bond donors (Lipinski definition) is 1. The molecule has 0 radical (unpaired) electrons. The van der Waals surface area contributed by atoms with Gasteiger partial charge in [0, 0.05) is 23.6 Å². The second kappa shape index (κ2) is 9.82. The zero-order chi connectivity index (χ0) is 27.1. The average molecular weight is 562 g/mol. The van der Waals surface area contributed by atoms with Gasteiger partial charge in [-0.2, -0.15) is 13.2 Å². The maximum absolute atomic E-state index is 14.5. The fourth-order valence-electron chi connectivity index (χ4n) is 3.87. The molecule has 1 heterocycles. The third-order valence-corrected chi connectivity index (χ3v) is 7.74. The van der Waals surface area contributed by atoms with Crippen molar-refractivity contribution in [2.24, 2.45) is 0 Å². The van der Waals surface area contributed by atoms with Crippen molar-refractivity contribution in [3.63, 3.8) is 0 Å². The topological polar surface area (TPSA) is 83.9 Å². The molecule has 1 aliphatic rings. The number of carboxylic acids is 1. The summed E-state index contributed by atoms with van der Waals surface area (Å²) in [6.45, 7) is -0.453. The van der Waals surface area contributed by atoms with Gasteiger partial charge in [-0.05, 0) is 36.8 Å². The van der Waals surface area contributed by atoms with Crippen molar-refractivity contribution in [1.29, 1.82) is 0 Å². The van der Waals surface area contributed by atoms with E-state index in [1.807, 2.05) is 0 Å². The van der Waals surface area contributed by atoms with Crippen molar-refractivity contribution in [2.45, 2.75) is 30.0 Å². The molecule has 0 fully saturated rings. The number of sulfonamides is 1. The monoisotopic (exact) mass is 561 g/mol. The lowest BCUT2D eigenvalue weighted by molar-refractivity contribution is -0.138. The number of ether oxygens (including phenoxy) is 1. The number of halogens is 6. The highest BCUT2D eigenvalue weighted by Crippen LogP contribution is 2.45. The second-order valence-electron chi connectivity index (χ2n) is 8.14. The highest BCUT2D eigenvalue weighted by Gasteiger charge is 2.38. The van der Waals surface area contributed by atoms with Crippen LogP contribution in [0.15, 0.2) is 59.5 Å². The molecule has 1 N–H and O–H groups in total. The van der Waals surface area contributed by atoms with E-state index in [9.17, 15) is 35.2 Å². The van der Waals surface area contributed by atoms with Gasteiger partial charge in [0.05, 0.1) is 27.7 Å². The van der Waals surface area contributed by atoms with Crippen LogP contribution in [0.1, 0.15) is 18.4 Å². The van der Waals surface area contributed by atoms with E-state index in [-0.39, 0.29) is 40.4 Å². The number of aliphatic carboxylic acids is 1. The lowest BCUT2D eigenvalue weighted by Crippen LogP contribution is -2.43. The van der Waals surface area contributed by atoms with Crippen LogP contribution in [0.5, 0.6) is 5.75 Å². The van der Waals surface area contributed by atoms with Gasteiger partial charge in [-0.1, -0.05) is 29.8 Å². The summed E-state index contributed by atoms with van der Waals surface area (Å²) in [5.41, 5.74) is -1.75. The summed E-state index contributed by atoms with van der Waals surface area (Å²) in [5.74, 6) is -3.71. The third kappa shape index (κ3) is 5.35. The minimum absolute atomic E-state index is 0.0887. The lowest BCUT2D eigenvalue weighted by Gasteiger charge is -2.36. The average Bonchev–Trinajstić information content (AvgIpc) is 2.83. The Kier molecular flexibility index (Phi) is 7.08. The van der Waals surface area contributed by atoms with Gasteiger partial charge in [0.1, 0.15) is 11.9 Å². The van der Waals surface area contributed by atoms with Crippen molar-refractivity contribution in [3.05, 3.63) is 76.8 Å². The van der Waals surface area contributed by atoms with Crippen molar-refractivity contribution in [1.82, 2.24) is 0 Å². The molecule has 0 bridgehead atoms. The SMILES string of the molecule is O=C(O)CC[C@H]1CN(S(=O)(=O)c2cccc(C(F)(F)F)c2)c2cc(-c3cccc(F)c3F)c(Cl)cc2O1. The smallest absolute Gasteiger partial charge is 0.416 e. The van der Waals surface area contributed by atoms with Gasteiger partial charge in [0.25, 0.3) is 10.0 Å². The molecule has 196 valence electrons. The van der Waals surface area contributed by atoms with Crippen molar-refractivity contribution < 1.29 is 45.0 Å². The van der Waals surface area contributed by atoms with E-state index < -0.39 is 56.9 Å². The fraction of sp³-hybridized carbons (Fsp3) is 0.208. The molecule has 4 rings (SSSR count). The minimum atomic E-state index is -4.81.